The van der Waals surface area contributed by atoms with Crippen molar-refractivity contribution in [3.05, 3.63) is 52.1 Å². The summed E-state index contributed by atoms with van der Waals surface area (Å²) in [6.07, 6.45) is 2.57. The molecular formula is C14H13ClFN3. The first-order chi connectivity index (χ1) is 9.13. The number of fused-ring (bicyclic) bond motifs is 1. The smallest absolute Gasteiger partial charge is 0.221 e. The van der Waals surface area contributed by atoms with Crippen LogP contribution in [0.15, 0.2) is 24.3 Å². The van der Waals surface area contributed by atoms with Crippen molar-refractivity contribution in [2.24, 2.45) is 0 Å². The van der Waals surface area contributed by atoms with Gasteiger partial charge in [0.25, 0.3) is 0 Å². The summed E-state index contributed by atoms with van der Waals surface area (Å²) in [5, 5.41) is 0.458. The van der Waals surface area contributed by atoms with Crippen molar-refractivity contribution in [3.8, 4) is 0 Å². The number of benzene rings is 1. The van der Waals surface area contributed by atoms with Gasteiger partial charge in [0.2, 0.25) is 5.95 Å². The number of aromatic nitrogens is 2. The van der Waals surface area contributed by atoms with Gasteiger partial charge in [-0.2, -0.15) is 0 Å². The molecule has 0 spiro atoms. The van der Waals surface area contributed by atoms with Crippen LogP contribution < -0.4 is 5.73 Å². The molecule has 1 aromatic heterocycles. The van der Waals surface area contributed by atoms with Crippen LogP contribution in [0.4, 0.5) is 10.3 Å². The topological polar surface area (TPSA) is 51.8 Å². The van der Waals surface area contributed by atoms with Crippen LogP contribution in [0.3, 0.4) is 0 Å². The molecule has 2 aromatic rings. The lowest BCUT2D eigenvalue weighted by Crippen LogP contribution is -2.16. The summed E-state index contributed by atoms with van der Waals surface area (Å²) in [6, 6.07) is 6.65. The normalized spacial score (nSPS) is 18.1. The number of halogens is 2. The van der Waals surface area contributed by atoms with Crippen molar-refractivity contribution < 1.29 is 4.39 Å². The number of nitrogens with zero attached hydrogens (tertiary/aromatic N) is 2. The highest BCUT2D eigenvalue weighted by Gasteiger charge is 2.24. The highest BCUT2D eigenvalue weighted by atomic mass is 35.5. The molecule has 0 radical (unpaired) electrons. The van der Waals surface area contributed by atoms with Crippen molar-refractivity contribution in [3.63, 3.8) is 0 Å². The first kappa shape index (κ1) is 12.4. The largest absolute Gasteiger partial charge is 0.368 e. The minimum absolute atomic E-state index is 0.212. The Balaban J connectivity index is 1.91. The zero-order valence-electron chi connectivity index (χ0n) is 10.2. The van der Waals surface area contributed by atoms with Crippen LogP contribution in [-0.2, 0) is 12.8 Å². The van der Waals surface area contributed by atoms with Gasteiger partial charge in [-0.1, -0.05) is 23.7 Å². The highest BCUT2D eigenvalue weighted by molar-refractivity contribution is 6.30. The van der Waals surface area contributed by atoms with E-state index in [1.807, 2.05) is 12.1 Å². The summed E-state index contributed by atoms with van der Waals surface area (Å²) < 4.78 is 12.9. The molecular weight excluding hydrogens is 265 g/mol. The van der Waals surface area contributed by atoms with Gasteiger partial charge in [0.15, 0.2) is 0 Å². The van der Waals surface area contributed by atoms with Gasteiger partial charge in [-0.25, -0.2) is 14.4 Å². The molecule has 0 fully saturated rings. The second kappa shape index (κ2) is 4.78. The fourth-order valence-corrected chi connectivity index (χ4v) is 2.90. The number of nitrogen functional groups attached to an aromatic ring is 1. The van der Waals surface area contributed by atoms with Crippen LogP contribution in [0.2, 0.25) is 5.15 Å². The summed E-state index contributed by atoms with van der Waals surface area (Å²) >= 11 is 6.08. The summed E-state index contributed by atoms with van der Waals surface area (Å²) in [7, 11) is 0. The van der Waals surface area contributed by atoms with Gasteiger partial charge in [0, 0.05) is 5.56 Å². The van der Waals surface area contributed by atoms with Gasteiger partial charge in [0.1, 0.15) is 11.0 Å². The van der Waals surface area contributed by atoms with E-state index in [0.717, 1.165) is 36.1 Å². The monoisotopic (exact) mass is 277 g/mol. The maximum absolute atomic E-state index is 12.9. The van der Waals surface area contributed by atoms with Gasteiger partial charge >= 0.3 is 0 Å². The van der Waals surface area contributed by atoms with Gasteiger partial charge in [-0.15, -0.1) is 0 Å². The minimum atomic E-state index is -0.213. The number of rotatable bonds is 1. The molecule has 1 aromatic carbocycles. The average Bonchev–Trinajstić information content (AvgIpc) is 2.38. The lowest BCUT2D eigenvalue weighted by atomic mass is 9.83. The summed E-state index contributed by atoms with van der Waals surface area (Å²) in [4.78, 5) is 8.25. The molecule has 98 valence electrons. The van der Waals surface area contributed by atoms with Gasteiger partial charge < -0.3 is 5.73 Å². The van der Waals surface area contributed by atoms with E-state index in [0.29, 0.717) is 11.1 Å². The first-order valence-corrected chi connectivity index (χ1v) is 6.57. The van der Waals surface area contributed by atoms with E-state index in [2.05, 4.69) is 9.97 Å². The zero-order valence-corrected chi connectivity index (χ0v) is 11.0. The molecule has 2 N–H and O–H groups in total. The summed E-state index contributed by atoms with van der Waals surface area (Å²) in [6.45, 7) is 0. The predicted molar refractivity (Wildman–Crippen MR) is 72.6 cm³/mol. The van der Waals surface area contributed by atoms with Crippen molar-refractivity contribution in [1.29, 1.82) is 0 Å². The Morgan fingerprint density at radius 3 is 2.68 bits per heavy atom. The van der Waals surface area contributed by atoms with E-state index in [1.54, 1.807) is 0 Å². The molecule has 1 atom stereocenters. The summed E-state index contributed by atoms with van der Waals surface area (Å²) in [5.41, 5.74) is 8.67. The molecule has 0 saturated heterocycles. The number of hydrogen-bond donors (Lipinski definition) is 1. The Labute approximate surface area is 115 Å². The molecule has 3 nitrogen and oxygen atoms in total. The van der Waals surface area contributed by atoms with Gasteiger partial charge in [-0.05, 0) is 42.9 Å². The maximum atomic E-state index is 12.9. The van der Waals surface area contributed by atoms with Gasteiger partial charge in [-0.3, -0.25) is 0 Å². The van der Waals surface area contributed by atoms with Crippen molar-refractivity contribution in [2.75, 3.05) is 5.73 Å². The quantitative estimate of drug-likeness (QED) is 0.815. The van der Waals surface area contributed by atoms with Crippen LogP contribution in [0.5, 0.6) is 0 Å². The number of hydrogen-bond acceptors (Lipinski definition) is 3. The van der Waals surface area contributed by atoms with Crippen LogP contribution in [0.25, 0.3) is 0 Å². The Bertz CT molecular complexity index is 613. The van der Waals surface area contributed by atoms with Crippen molar-refractivity contribution >= 4 is 17.5 Å². The highest BCUT2D eigenvalue weighted by Crippen LogP contribution is 2.34. The Kier molecular flexibility index (Phi) is 3.11. The van der Waals surface area contributed by atoms with Crippen molar-refractivity contribution in [1.82, 2.24) is 9.97 Å². The van der Waals surface area contributed by atoms with E-state index in [9.17, 15) is 4.39 Å². The molecule has 1 aliphatic rings. The Hall–Kier alpha value is -1.68. The zero-order chi connectivity index (χ0) is 13.4. The third-order valence-corrected chi connectivity index (χ3v) is 3.90. The Morgan fingerprint density at radius 1 is 1.21 bits per heavy atom. The SMILES string of the molecule is Nc1nc(Cl)c2c(n1)CC(c1ccc(F)cc1)CC2. The summed E-state index contributed by atoms with van der Waals surface area (Å²) in [5.74, 6) is 0.330. The van der Waals surface area contributed by atoms with Gasteiger partial charge in [0.05, 0.1) is 5.69 Å². The second-order valence-corrected chi connectivity index (χ2v) is 5.15. The van der Waals surface area contributed by atoms with E-state index in [4.69, 9.17) is 17.3 Å². The van der Waals surface area contributed by atoms with E-state index in [1.165, 1.54) is 12.1 Å². The molecule has 3 rings (SSSR count). The fourth-order valence-electron chi connectivity index (χ4n) is 2.61. The number of anilines is 1. The molecule has 0 aliphatic heterocycles. The van der Waals surface area contributed by atoms with Crippen LogP contribution in [-0.4, -0.2) is 9.97 Å². The fraction of sp³-hybridized carbons (Fsp3) is 0.286. The average molecular weight is 278 g/mol. The lowest BCUT2D eigenvalue weighted by molar-refractivity contribution is 0.568. The Morgan fingerprint density at radius 2 is 1.95 bits per heavy atom. The molecule has 19 heavy (non-hydrogen) atoms. The molecule has 1 unspecified atom stereocenters. The van der Waals surface area contributed by atoms with Crippen LogP contribution in [0.1, 0.15) is 29.2 Å². The van der Waals surface area contributed by atoms with E-state index in [-0.39, 0.29) is 11.8 Å². The molecule has 0 amide bonds. The molecule has 1 heterocycles. The standard InChI is InChI=1S/C14H13ClFN3/c15-13-11-6-3-9(7-12(11)18-14(17)19-13)8-1-4-10(16)5-2-8/h1-2,4-5,9H,3,6-7H2,(H2,17,18,19). The third-order valence-electron chi connectivity index (χ3n) is 3.58. The van der Waals surface area contributed by atoms with E-state index >= 15 is 0 Å². The van der Waals surface area contributed by atoms with Crippen LogP contribution in [0, 0.1) is 5.82 Å². The van der Waals surface area contributed by atoms with E-state index < -0.39 is 0 Å². The minimum Gasteiger partial charge on any atom is -0.368 e. The molecule has 5 heteroatoms. The molecule has 0 saturated carbocycles. The predicted octanol–water partition coefficient (Wildman–Crippen LogP) is 3.12. The van der Waals surface area contributed by atoms with Crippen molar-refractivity contribution in [2.45, 2.75) is 25.2 Å². The lowest BCUT2D eigenvalue weighted by Gasteiger charge is -2.24. The third kappa shape index (κ3) is 2.40. The number of nitrogens with two attached hydrogens (primary N) is 1. The first-order valence-electron chi connectivity index (χ1n) is 6.19. The second-order valence-electron chi connectivity index (χ2n) is 4.79. The maximum Gasteiger partial charge on any atom is 0.221 e. The molecule has 1 aliphatic carbocycles. The van der Waals surface area contributed by atoms with Crippen LogP contribution >= 0.6 is 11.6 Å². The molecule has 0 bridgehead atoms.